The first-order valence-corrected chi connectivity index (χ1v) is 8.41. The molecule has 24 heavy (non-hydrogen) atoms. The Morgan fingerprint density at radius 3 is 2.33 bits per heavy atom. The lowest BCUT2D eigenvalue weighted by Gasteiger charge is -2.17. The van der Waals surface area contributed by atoms with Crippen LogP contribution in [0.2, 0.25) is 20.1 Å². The number of nitrogens with zero attached hydrogens (tertiary/aromatic N) is 1. The van der Waals surface area contributed by atoms with E-state index in [9.17, 15) is 9.59 Å². The first-order chi connectivity index (χ1) is 11.4. The van der Waals surface area contributed by atoms with Gasteiger partial charge in [-0.3, -0.25) is 9.59 Å². The molecule has 1 fully saturated rings. The molecule has 0 spiro atoms. The fourth-order valence-corrected chi connectivity index (χ4v) is 3.19. The highest BCUT2D eigenvalue weighted by Crippen LogP contribution is 2.32. The van der Waals surface area contributed by atoms with Gasteiger partial charge in [-0.05, 0) is 36.4 Å². The largest absolute Gasteiger partial charge is 0.372 e. The maximum absolute atomic E-state index is 12.6. The zero-order valence-electron chi connectivity index (χ0n) is 12.0. The third-order valence-corrected chi connectivity index (χ3v) is 4.86. The third kappa shape index (κ3) is 3.33. The van der Waals surface area contributed by atoms with Crippen molar-refractivity contribution in [3.63, 3.8) is 0 Å². The van der Waals surface area contributed by atoms with Gasteiger partial charge in [0.15, 0.2) is 0 Å². The van der Waals surface area contributed by atoms with Gasteiger partial charge in [0.2, 0.25) is 5.91 Å². The number of hydrogen-bond donors (Lipinski definition) is 1. The lowest BCUT2D eigenvalue weighted by atomic mass is 10.2. The van der Waals surface area contributed by atoms with Crippen molar-refractivity contribution < 1.29 is 9.59 Å². The molecule has 2 amide bonds. The van der Waals surface area contributed by atoms with Crippen molar-refractivity contribution >= 4 is 69.6 Å². The molecular weight excluding hydrogens is 394 g/mol. The summed E-state index contributed by atoms with van der Waals surface area (Å²) in [6.45, 7) is 0. The number of hydrogen-bond acceptors (Lipinski definition) is 3. The summed E-state index contributed by atoms with van der Waals surface area (Å²) < 4.78 is 0. The lowest BCUT2D eigenvalue weighted by molar-refractivity contribution is -0.121. The summed E-state index contributed by atoms with van der Waals surface area (Å²) in [7, 11) is 0. The number of benzene rings is 2. The Hall–Kier alpha value is -1.46. The second-order valence-electron chi connectivity index (χ2n) is 5.19. The molecular formula is C16H10Cl4N2O2. The molecule has 0 aromatic heterocycles. The van der Waals surface area contributed by atoms with Gasteiger partial charge >= 0.3 is 0 Å². The normalized spacial score (nSPS) is 17.5. The molecule has 4 nitrogen and oxygen atoms in total. The molecule has 1 unspecified atom stereocenters. The smallest absolute Gasteiger partial charge is 0.256 e. The molecule has 1 saturated heterocycles. The molecule has 1 N–H and O–H groups in total. The Kier molecular flexibility index (Phi) is 4.92. The number of carbonyl (C=O) groups is 2. The molecule has 0 aliphatic carbocycles. The quantitative estimate of drug-likeness (QED) is 0.730. The summed E-state index contributed by atoms with van der Waals surface area (Å²) in [4.78, 5) is 25.9. The lowest BCUT2D eigenvalue weighted by Crippen LogP contribution is -2.34. The van der Waals surface area contributed by atoms with Crippen LogP contribution in [0.15, 0.2) is 36.4 Å². The Labute approximate surface area is 158 Å². The number of imide groups is 1. The van der Waals surface area contributed by atoms with E-state index in [2.05, 4.69) is 5.32 Å². The molecule has 8 heteroatoms. The number of rotatable bonds is 3. The van der Waals surface area contributed by atoms with Gasteiger partial charge in [0.1, 0.15) is 6.04 Å². The monoisotopic (exact) mass is 402 g/mol. The van der Waals surface area contributed by atoms with Crippen LogP contribution in [0.1, 0.15) is 6.42 Å². The second kappa shape index (κ2) is 6.81. The fraction of sp³-hybridized carbons (Fsp3) is 0.125. The summed E-state index contributed by atoms with van der Waals surface area (Å²) in [6.07, 6.45) is 0.0119. The molecule has 1 heterocycles. The predicted molar refractivity (Wildman–Crippen MR) is 97.4 cm³/mol. The van der Waals surface area contributed by atoms with E-state index in [1.54, 1.807) is 24.3 Å². The van der Waals surface area contributed by atoms with Crippen LogP contribution in [0.3, 0.4) is 0 Å². The van der Waals surface area contributed by atoms with Crippen LogP contribution in [0.25, 0.3) is 0 Å². The van der Waals surface area contributed by atoms with Crippen LogP contribution in [0, 0.1) is 0 Å². The van der Waals surface area contributed by atoms with Gasteiger partial charge < -0.3 is 5.32 Å². The summed E-state index contributed by atoms with van der Waals surface area (Å²) in [5, 5.41) is 4.45. The molecule has 2 aromatic carbocycles. The zero-order valence-corrected chi connectivity index (χ0v) is 15.0. The van der Waals surface area contributed by atoms with Crippen LogP contribution in [0.5, 0.6) is 0 Å². The van der Waals surface area contributed by atoms with E-state index in [0.29, 0.717) is 26.4 Å². The number of amides is 2. The number of nitrogens with one attached hydrogen (secondary N) is 1. The minimum atomic E-state index is -0.717. The molecule has 2 aromatic rings. The average Bonchev–Trinajstić information content (AvgIpc) is 2.79. The highest BCUT2D eigenvalue weighted by Gasteiger charge is 2.39. The Morgan fingerprint density at radius 1 is 0.917 bits per heavy atom. The van der Waals surface area contributed by atoms with Gasteiger partial charge in [-0.25, -0.2) is 4.90 Å². The summed E-state index contributed by atoms with van der Waals surface area (Å²) in [6, 6.07) is 8.74. The van der Waals surface area contributed by atoms with Crippen LogP contribution in [-0.4, -0.2) is 17.9 Å². The van der Waals surface area contributed by atoms with E-state index >= 15 is 0 Å². The van der Waals surface area contributed by atoms with Crippen LogP contribution in [-0.2, 0) is 9.59 Å². The molecule has 3 rings (SSSR count). The van der Waals surface area contributed by atoms with E-state index < -0.39 is 6.04 Å². The predicted octanol–water partition coefficient (Wildman–Crippen LogP) is 5.04. The molecule has 0 bridgehead atoms. The number of carbonyl (C=O) groups excluding carboxylic acids is 2. The van der Waals surface area contributed by atoms with Crippen LogP contribution < -0.4 is 10.2 Å². The summed E-state index contributed by atoms with van der Waals surface area (Å²) in [5.41, 5.74) is 0.911. The first kappa shape index (κ1) is 17.4. The van der Waals surface area contributed by atoms with Gasteiger partial charge in [0.05, 0.1) is 32.9 Å². The SMILES string of the molecule is O=C1CC(Nc2ccc(Cl)cc2Cl)C(=O)N1c1ccc(Cl)c(Cl)c1. The van der Waals surface area contributed by atoms with Gasteiger partial charge in [0, 0.05) is 5.02 Å². The Morgan fingerprint density at radius 2 is 1.67 bits per heavy atom. The molecule has 1 aliphatic heterocycles. The minimum Gasteiger partial charge on any atom is -0.372 e. The van der Waals surface area contributed by atoms with Crippen molar-refractivity contribution in [2.24, 2.45) is 0 Å². The number of anilines is 2. The number of halogens is 4. The van der Waals surface area contributed by atoms with Crippen molar-refractivity contribution in [2.75, 3.05) is 10.2 Å². The molecule has 124 valence electrons. The average molecular weight is 404 g/mol. The van der Waals surface area contributed by atoms with Gasteiger partial charge in [0.25, 0.3) is 5.91 Å². The maximum atomic E-state index is 12.6. The molecule has 0 radical (unpaired) electrons. The van der Waals surface area contributed by atoms with Crippen LogP contribution >= 0.6 is 46.4 Å². The van der Waals surface area contributed by atoms with Gasteiger partial charge in [-0.2, -0.15) is 0 Å². The van der Waals surface area contributed by atoms with E-state index in [-0.39, 0.29) is 23.3 Å². The Balaban J connectivity index is 1.84. The van der Waals surface area contributed by atoms with Crippen molar-refractivity contribution in [1.82, 2.24) is 0 Å². The zero-order chi connectivity index (χ0) is 17.4. The van der Waals surface area contributed by atoms with E-state index in [1.165, 1.54) is 12.1 Å². The van der Waals surface area contributed by atoms with Crippen molar-refractivity contribution in [3.05, 3.63) is 56.5 Å². The van der Waals surface area contributed by atoms with E-state index in [4.69, 9.17) is 46.4 Å². The van der Waals surface area contributed by atoms with Gasteiger partial charge in [-0.15, -0.1) is 0 Å². The standard InChI is InChI=1S/C16H10Cl4N2O2/c17-8-1-4-13(12(20)5-8)21-14-7-15(23)22(16(14)24)9-2-3-10(18)11(19)6-9/h1-6,14,21H,7H2. The van der Waals surface area contributed by atoms with E-state index in [1.807, 2.05) is 0 Å². The highest BCUT2D eigenvalue weighted by atomic mass is 35.5. The fourth-order valence-electron chi connectivity index (χ4n) is 2.43. The van der Waals surface area contributed by atoms with Crippen LogP contribution in [0.4, 0.5) is 11.4 Å². The molecule has 0 saturated carbocycles. The first-order valence-electron chi connectivity index (χ1n) is 6.90. The van der Waals surface area contributed by atoms with E-state index in [0.717, 1.165) is 4.90 Å². The van der Waals surface area contributed by atoms with Crippen molar-refractivity contribution in [2.45, 2.75) is 12.5 Å². The summed E-state index contributed by atoms with van der Waals surface area (Å²) in [5.74, 6) is -0.717. The van der Waals surface area contributed by atoms with Gasteiger partial charge in [-0.1, -0.05) is 46.4 Å². The Bertz CT molecular complexity index is 841. The molecule has 1 atom stereocenters. The summed E-state index contributed by atoms with van der Waals surface area (Å²) >= 11 is 23.8. The van der Waals surface area contributed by atoms with Crippen molar-refractivity contribution in [3.8, 4) is 0 Å². The second-order valence-corrected chi connectivity index (χ2v) is 6.85. The third-order valence-electron chi connectivity index (χ3n) is 3.57. The van der Waals surface area contributed by atoms with Crippen molar-refractivity contribution in [1.29, 1.82) is 0 Å². The molecule has 1 aliphatic rings. The highest BCUT2D eigenvalue weighted by molar-refractivity contribution is 6.42. The minimum absolute atomic E-state index is 0.0119. The topological polar surface area (TPSA) is 49.4 Å². The maximum Gasteiger partial charge on any atom is 0.256 e.